The molecule has 0 nitrogen and oxygen atoms in total. The molecule has 0 spiro atoms. The molecule has 0 aromatic rings. The van der Waals surface area contributed by atoms with Crippen LogP contribution in [-0.4, -0.2) is 13.3 Å². The normalized spacial score (nSPS) is 20.1. The van der Waals surface area contributed by atoms with Crippen molar-refractivity contribution in [1.29, 1.82) is 0 Å². The quantitative estimate of drug-likeness (QED) is 0.684. The molecule has 0 aliphatic heterocycles. The Morgan fingerprint density at radius 2 is 2.00 bits per heavy atom. The number of rotatable bonds is 3. The largest absolute Gasteiger partial charge is 1.00 e. The van der Waals surface area contributed by atoms with Crippen molar-refractivity contribution >= 4 is 13.3 Å². The predicted octanol–water partition coefficient (Wildman–Crippen LogP) is 4.23. The van der Waals surface area contributed by atoms with Crippen molar-refractivity contribution in [3.05, 3.63) is 42.5 Å². The summed E-state index contributed by atoms with van der Waals surface area (Å²) in [6.07, 6.45) is 14.2. The Balaban J connectivity index is 0.00000128. The molecule has 0 heterocycles. The van der Waals surface area contributed by atoms with E-state index in [9.17, 15) is 0 Å². The molecule has 0 unspecified atom stereocenters. The summed E-state index contributed by atoms with van der Waals surface area (Å²) in [7, 11) is 0. The molecule has 2 heteroatoms. The molecule has 82 valence electrons. The maximum absolute atomic E-state index is 2.51. The molecule has 2 aliphatic rings. The minimum atomic E-state index is -1.58. The molecule has 0 N–H and O–H groups in total. The van der Waals surface area contributed by atoms with E-state index in [0.717, 1.165) is 0 Å². The van der Waals surface area contributed by atoms with Gasteiger partial charge in [-0.2, -0.15) is 0 Å². The van der Waals surface area contributed by atoms with Gasteiger partial charge in [0.2, 0.25) is 0 Å². The molecular formula is C13H20GeTi-2. The fourth-order valence-electron chi connectivity index (χ4n) is 2.06. The van der Waals surface area contributed by atoms with E-state index in [4.69, 9.17) is 0 Å². The molecule has 0 atom stereocenters. The van der Waals surface area contributed by atoms with Gasteiger partial charge in [0.25, 0.3) is 0 Å². The number of hydrogen-bond donors (Lipinski definition) is 0. The van der Waals surface area contributed by atoms with Crippen LogP contribution in [-0.2, 0) is 19.2 Å². The van der Waals surface area contributed by atoms with Crippen LogP contribution in [0.3, 0.4) is 0 Å². The van der Waals surface area contributed by atoms with Gasteiger partial charge in [-0.05, 0) is 0 Å². The summed E-state index contributed by atoms with van der Waals surface area (Å²) in [6, 6.07) is 0. The molecule has 0 aromatic heterocycles. The van der Waals surface area contributed by atoms with E-state index in [-0.39, 0.29) is 22.0 Å². The summed E-state index contributed by atoms with van der Waals surface area (Å²) < 4.78 is 5.35. The van der Waals surface area contributed by atoms with Gasteiger partial charge < -0.3 is 2.85 Å². The van der Waals surface area contributed by atoms with Crippen LogP contribution in [0.15, 0.2) is 42.5 Å². The summed E-state index contributed by atoms with van der Waals surface area (Å²) >= 11 is -1.55. The van der Waals surface area contributed by atoms with Gasteiger partial charge in [-0.3, -0.25) is 0 Å². The first-order chi connectivity index (χ1) is 7.07. The second kappa shape index (κ2) is 4.61. The van der Waals surface area contributed by atoms with Gasteiger partial charge in [0, 0.05) is 0 Å². The smallest absolute Gasteiger partial charge is 1.00 e. The van der Waals surface area contributed by atoms with Crippen LogP contribution in [0, 0.1) is 0 Å². The summed E-state index contributed by atoms with van der Waals surface area (Å²) in [5.41, 5.74) is 0. The summed E-state index contributed by atoms with van der Waals surface area (Å²) in [5.74, 6) is 7.54. The van der Waals surface area contributed by atoms with Crippen molar-refractivity contribution in [2.45, 2.75) is 30.1 Å². The summed E-state index contributed by atoms with van der Waals surface area (Å²) in [5, 5.41) is 0. The van der Waals surface area contributed by atoms with E-state index in [0.29, 0.717) is 0 Å². The Morgan fingerprint density at radius 3 is 2.60 bits per heavy atom. The SMILES string of the molecule is [CH3][Ge]([CH3])([CH3])[C]1=[C]([Ti][C]2=CC=CC2)CC=C1.[H-].[H-]. The van der Waals surface area contributed by atoms with Crippen LogP contribution in [0.25, 0.3) is 0 Å². The van der Waals surface area contributed by atoms with E-state index < -0.39 is 13.3 Å². The minimum Gasteiger partial charge on any atom is -1.00 e. The van der Waals surface area contributed by atoms with Gasteiger partial charge in [-0.1, -0.05) is 0 Å². The fraction of sp³-hybridized carbons (Fsp3) is 0.385. The van der Waals surface area contributed by atoms with E-state index in [1.165, 1.54) is 12.8 Å². The topological polar surface area (TPSA) is 0 Å². The second-order valence-electron chi connectivity index (χ2n) is 5.20. The van der Waals surface area contributed by atoms with E-state index >= 15 is 0 Å². The predicted molar refractivity (Wildman–Crippen MR) is 68.2 cm³/mol. The van der Waals surface area contributed by atoms with Crippen molar-refractivity contribution < 1.29 is 22.0 Å². The molecule has 0 radical (unpaired) electrons. The molecule has 0 saturated heterocycles. The second-order valence-corrected chi connectivity index (χ2v) is 18.1. The average Bonchev–Trinajstić information content (AvgIpc) is 2.73. The van der Waals surface area contributed by atoms with Crippen molar-refractivity contribution in [1.82, 2.24) is 0 Å². The molecule has 15 heavy (non-hydrogen) atoms. The van der Waals surface area contributed by atoms with Gasteiger partial charge in [-0.15, -0.1) is 0 Å². The molecule has 0 aromatic carbocycles. The first-order valence-corrected chi connectivity index (χ1v) is 14.5. The van der Waals surface area contributed by atoms with Crippen molar-refractivity contribution in [3.8, 4) is 0 Å². The molecule has 0 saturated carbocycles. The molecule has 0 amide bonds. The summed E-state index contributed by atoms with van der Waals surface area (Å²) in [6.45, 7) is 0. The minimum absolute atomic E-state index is 0. The first kappa shape index (κ1) is 11.7. The maximum atomic E-state index is 2.51. The van der Waals surface area contributed by atoms with Gasteiger partial charge >= 0.3 is 105 Å². The standard InChI is InChI=1S/C8H13Ge.C5H5.Ti.2H/c1-9(2,3)8-6-4-5-7-8;1-2-4-5-3-1;;;/h4,6H,5H2,1-3H3;1-3H,4H2;;;/q;;;2*-1. The van der Waals surface area contributed by atoms with Crippen LogP contribution < -0.4 is 0 Å². The zero-order valence-electron chi connectivity index (χ0n) is 11.8. The Hall–Kier alpha value is 0.217. The molecule has 0 fully saturated rings. The third-order valence-corrected chi connectivity index (χ3v) is 10.3. The Morgan fingerprint density at radius 1 is 1.20 bits per heavy atom. The maximum Gasteiger partial charge on any atom is -1.00 e. The van der Waals surface area contributed by atoms with Crippen LogP contribution in [0.2, 0.25) is 17.3 Å². The monoisotopic (exact) mass is 298 g/mol. The van der Waals surface area contributed by atoms with Crippen LogP contribution in [0.4, 0.5) is 0 Å². The Kier molecular flexibility index (Phi) is 3.59. The third kappa shape index (κ3) is 2.86. The first-order valence-electron chi connectivity index (χ1n) is 5.60. The molecule has 0 bridgehead atoms. The van der Waals surface area contributed by atoms with Gasteiger partial charge in [-0.25, -0.2) is 0 Å². The van der Waals surface area contributed by atoms with Gasteiger partial charge in [0.05, 0.1) is 0 Å². The number of allylic oxidation sites excluding steroid dienone is 8. The van der Waals surface area contributed by atoms with Crippen LogP contribution in [0.5, 0.6) is 0 Å². The van der Waals surface area contributed by atoms with E-state index in [1.807, 2.05) is 3.88 Å². The Labute approximate surface area is 107 Å². The van der Waals surface area contributed by atoms with Crippen molar-refractivity contribution in [3.63, 3.8) is 0 Å². The van der Waals surface area contributed by atoms with Gasteiger partial charge in [0.15, 0.2) is 0 Å². The van der Waals surface area contributed by atoms with Crippen molar-refractivity contribution in [2.75, 3.05) is 0 Å². The fourth-order valence-corrected chi connectivity index (χ4v) is 11.0. The molecular weight excluding hydrogens is 277 g/mol. The number of hydrogen-bond acceptors (Lipinski definition) is 0. The molecule has 2 aliphatic carbocycles. The van der Waals surface area contributed by atoms with E-state index in [1.54, 1.807) is 8.28 Å². The van der Waals surface area contributed by atoms with Crippen LogP contribution in [0.1, 0.15) is 15.7 Å². The third-order valence-electron chi connectivity index (χ3n) is 2.82. The zero-order chi connectivity index (χ0) is 10.9. The summed E-state index contributed by atoms with van der Waals surface area (Å²) in [4.78, 5) is 0. The molecule has 2 rings (SSSR count). The average molecular weight is 297 g/mol. The van der Waals surface area contributed by atoms with Crippen LogP contribution >= 0.6 is 0 Å². The van der Waals surface area contributed by atoms with E-state index in [2.05, 4.69) is 47.6 Å². The van der Waals surface area contributed by atoms with Crippen molar-refractivity contribution in [2.24, 2.45) is 0 Å². The Bertz CT molecular complexity index is 387. The zero-order valence-corrected chi connectivity index (χ0v) is 13.5. The van der Waals surface area contributed by atoms with Gasteiger partial charge in [0.1, 0.15) is 0 Å².